The van der Waals surface area contributed by atoms with Gasteiger partial charge in [0.1, 0.15) is 11.3 Å². The number of carbonyl (C=O) groups is 1. The first-order chi connectivity index (χ1) is 9.78. The minimum absolute atomic E-state index is 0.186. The van der Waals surface area contributed by atoms with E-state index < -0.39 is 0 Å². The molecule has 3 aromatic rings. The van der Waals surface area contributed by atoms with Gasteiger partial charge in [-0.2, -0.15) is 0 Å². The molecular weight excluding hydrogens is 250 g/mol. The molecule has 2 heterocycles. The van der Waals surface area contributed by atoms with Crippen molar-refractivity contribution in [3.05, 3.63) is 66.1 Å². The zero-order valence-electron chi connectivity index (χ0n) is 11.2. The van der Waals surface area contributed by atoms with Crippen LogP contribution in [0, 0.1) is 0 Å². The van der Waals surface area contributed by atoms with Crippen molar-refractivity contribution in [3.8, 4) is 0 Å². The molecule has 0 fully saturated rings. The number of nitrogens with zero attached hydrogens (tertiary/aromatic N) is 2. The monoisotopic (exact) mass is 265 g/mol. The standard InChI is InChI=1S/C16H15N3O/c1-2-12-7-3-4-8-13(12)18-16(20)14-11-19-10-6-5-9-15(19)17-14/h3-11H,2H2,1H3,(H,18,20). The van der Waals surface area contributed by atoms with Crippen molar-refractivity contribution in [2.24, 2.45) is 0 Å². The Labute approximate surface area is 117 Å². The molecular formula is C16H15N3O. The molecule has 0 bridgehead atoms. The van der Waals surface area contributed by atoms with Crippen LogP contribution in [0.5, 0.6) is 0 Å². The summed E-state index contributed by atoms with van der Waals surface area (Å²) in [4.78, 5) is 16.6. The van der Waals surface area contributed by atoms with Crippen LogP contribution in [0.2, 0.25) is 0 Å². The summed E-state index contributed by atoms with van der Waals surface area (Å²) in [5.74, 6) is -0.186. The third kappa shape index (κ3) is 2.28. The predicted molar refractivity (Wildman–Crippen MR) is 79.0 cm³/mol. The maximum absolute atomic E-state index is 12.3. The molecule has 1 aromatic carbocycles. The molecule has 0 atom stereocenters. The molecule has 0 unspecified atom stereocenters. The normalized spacial score (nSPS) is 10.7. The molecule has 4 nitrogen and oxygen atoms in total. The van der Waals surface area contributed by atoms with Crippen molar-refractivity contribution in [1.29, 1.82) is 0 Å². The molecule has 0 aliphatic carbocycles. The predicted octanol–water partition coefficient (Wildman–Crippen LogP) is 3.15. The number of fused-ring (bicyclic) bond motifs is 1. The molecule has 20 heavy (non-hydrogen) atoms. The number of carbonyl (C=O) groups excluding carboxylic acids is 1. The summed E-state index contributed by atoms with van der Waals surface area (Å²) in [6.07, 6.45) is 4.49. The van der Waals surface area contributed by atoms with Gasteiger partial charge in [0.15, 0.2) is 0 Å². The van der Waals surface area contributed by atoms with E-state index in [1.807, 2.05) is 53.1 Å². The van der Waals surface area contributed by atoms with E-state index in [2.05, 4.69) is 17.2 Å². The third-order valence-electron chi connectivity index (χ3n) is 3.24. The molecule has 1 amide bonds. The molecule has 0 aliphatic rings. The van der Waals surface area contributed by atoms with Crippen molar-refractivity contribution >= 4 is 17.2 Å². The number of benzene rings is 1. The first-order valence-corrected chi connectivity index (χ1v) is 6.61. The minimum Gasteiger partial charge on any atom is -0.320 e. The molecule has 0 aliphatic heterocycles. The van der Waals surface area contributed by atoms with E-state index in [0.29, 0.717) is 5.69 Å². The maximum atomic E-state index is 12.3. The van der Waals surface area contributed by atoms with Crippen LogP contribution in [-0.4, -0.2) is 15.3 Å². The van der Waals surface area contributed by atoms with E-state index in [1.54, 1.807) is 6.20 Å². The lowest BCUT2D eigenvalue weighted by Gasteiger charge is -2.07. The van der Waals surface area contributed by atoms with Crippen LogP contribution in [0.1, 0.15) is 23.0 Å². The highest BCUT2D eigenvalue weighted by Crippen LogP contribution is 2.16. The van der Waals surface area contributed by atoms with Crippen LogP contribution < -0.4 is 5.32 Å². The van der Waals surface area contributed by atoms with Gasteiger partial charge in [0.25, 0.3) is 5.91 Å². The van der Waals surface area contributed by atoms with Crippen LogP contribution in [-0.2, 0) is 6.42 Å². The van der Waals surface area contributed by atoms with Gasteiger partial charge in [0, 0.05) is 18.1 Å². The number of nitrogens with one attached hydrogen (secondary N) is 1. The van der Waals surface area contributed by atoms with Gasteiger partial charge in [-0.05, 0) is 30.2 Å². The molecule has 0 saturated carbocycles. The van der Waals surface area contributed by atoms with Crippen LogP contribution in [0.4, 0.5) is 5.69 Å². The number of anilines is 1. The van der Waals surface area contributed by atoms with Crippen molar-refractivity contribution in [2.75, 3.05) is 5.32 Å². The second-order valence-electron chi connectivity index (χ2n) is 4.56. The van der Waals surface area contributed by atoms with Crippen molar-refractivity contribution in [3.63, 3.8) is 0 Å². The van der Waals surface area contributed by atoms with Crippen molar-refractivity contribution in [1.82, 2.24) is 9.38 Å². The lowest BCUT2D eigenvalue weighted by molar-refractivity contribution is 0.102. The third-order valence-corrected chi connectivity index (χ3v) is 3.24. The minimum atomic E-state index is -0.186. The van der Waals surface area contributed by atoms with E-state index in [0.717, 1.165) is 23.3 Å². The van der Waals surface area contributed by atoms with Gasteiger partial charge in [-0.15, -0.1) is 0 Å². The van der Waals surface area contributed by atoms with E-state index in [9.17, 15) is 4.79 Å². The number of pyridine rings is 1. The first kappa shape index (κ1) is 12.4. The summed E-state index contributed by atoms with van der Waals surface area (Å²) in [6.45, 7) is 2.07. The Balaban J connectivity index is 1.89. The van der Waals surface area contributed by atoms with Crippen molar-refractivity contribution in [2.45, 2.75) is 13.3 Å². The van der Waals surface area contributed by atoms with Gasteiger partial charge in [-0.1, -0.05) is 31.2 Å². The number of hydrogen-bond acceptors (Lipinski definition) is 2. The van der Waals surface area contributed by atoms with Crippen molar-refractivity contribution < 1.29 is 4.79 Å². The summed E-state index contributed by atoms with van der Waals surface area (Å²) >= 11 is 0. The fraction of sp³-hybridized carbons (Fsp3) is 0.125. The van der Waals surface area contributed by atoms with Crippen LogP contribution >= 0.6 is 0 Å². The Bertz CT molecular complexity index is 728. The van der Waals surface area contributed by atoms with Gasteiger partial charge < -0.3 is 9.72 Å². The lowest BCUT2D eigenvalue weighted by Crippen LogP contribution is -2.13. The Morgan fingerprint density at radius 2 is 2.00 bits per heavy atom. The van der Waals surface area contributed by atoms with Gasteiger partial charge in [0.2, 0.25) is 0 Å². The molecule has 100 valence electrons. The Kier molecular flexibility index (Phi) is 3.21. The Morgan fingerprint density at radius 3 is 2.80 bits per heavy atom. The molecule has 0 spiro atoms. The van der Waals surface area contributed by atoms with Gasteiger partial charge in [-0.3, -0.25) is 4.79 Å². The summed E-state index contributed by atoms with van der Waals surface area (Å²) < 4.78 is 1.83. The van der Waals surface area contributed by atoms with Gasteiger partial charge in [-0.25, -0.2) is 4.98 Å². The van der Waals surface area contributed by atoms with Crippen LogP contribution in [0.15, 0.2) is 54.9 Å². The highest BCUT2D eigenvalue weighted by atomic mass is 16.1. The summed E-state index contributed by atoms with van der Waals surface area (Å²) in [7, 11) is 0. The fourth-order valence-electron chi connectivity index (χ4n) is 2.18. The molecule has 0 saturated heterocycles. The summed E-state index contributed by atoms with van der Waals surface area (Å²) in [5, 5.41) is 2.92. The summed E-state index contributed by atoms with van der Waals surface area (Å²) in [6, 6.07) is 13.5. The highest BCUT2D eigenvalue weighted by Gasteiger charge is 2.12. The molecule has 2 aromatic heterocycles. The smallest absolute Gasteiger partial charge is 0.275 e. The number of amides is 1. The van der Waals surface area contributed by atoms with Gasteiger partial charge in [0.05, 0.1) is 0 Å². The molecule has 3 rings (SSSR count). The maximum Gasteiger partial charge on any atom is 0.275 e. The average molecular weight is 265 g/mol. The highest BCUT2D eigenvalue weighted by molar-refractivity contribution is 6.03. The van der Waals surface area contributed by atoms with E-state index in [4.69, 9.17) is 0 Å². The number of imidazole rings is 1. The SMILES string of the molecule is CCc1ccccc1NC(=O)c1cn2ccccc2n1. The Morgan fingerprint density at radius 1 is 1.20 bits per heavy atom. The topological polar surface area (TPSA) is 46.4 Å². The second-order valence-corrected chi connectivity index (χ2v) is 4.56. The lowest BCUT2D eigenvalue weighted by atomic mass is 10.1. The number of aryl methyl sites for hydroxylation is 1. The quantitative estimate of drug-likeness (QED) is 0.790. The number of hydrogen-bond donors (Lipinski definition) is 1. The summed E-state index contributed by atoms with van der Waals surface area (Å²) in [5.41, 5.74) is 3.14. The van der Waals surface area contributed by atoms with E-state index >= 15 is 0 Å². The number of para-hydroxylation sites is 1. The number of rotatable bonds is 3. The van der Waals surface area contributed by atoms with Crippen LogP contribution in [0.25, 0.3) is 5.65 Å². The molecule has 1 N–H and O–H groups in total. The first-order valence-electron chi connectivity index (χ1n) is 6.61. The zero-order chi connectivity index (χ0) is 13.9. The van der Waals surface area contributed by atoms with Gasteiger partial charge >= 0.3 is 0 Å². The van der Waals surface area contributed by atoms with E-state index in [-0.39, 0.29) is 5.91 Å². The number of aromatic nitrogens is 2. The molecule has 0 radical (unpaired) electrons. The van der Waals surface area contributed by atoms with E-state index in [1.165, 1.54) is 0 Å². The second kappa shape index (κ2) is 5.17. The Hall–Kier alpha value is -2.62. The zero-order valence-corrected chi connectivity index (χ0v) is 11.2. The fourth-order valence-corrected chi connectivity index (χ4v) is 2.18. The van der Waals surface area contributed by atoms with Crippen LogP contribution in [0.3, 0.4) is 0 Å². The molecule has 4 heteroatoms. The largest absolute Gasteiger partial charge is 0.320 e. The average Bonchev–Trinajstić information content (AvgIpc) is 2.92.